The minimum Gasteiger partial charge on any atom is -0.411 e. The molecule has 6 nitrogen and oxygen atoms in total. The quantitative estimate of drug-likeness (QED) is 0.448. The van der Waals surface area contributed by atoms with Crippen LogP contribution in [0.15, 0.2) is 20.9 Å². The summed E-state index contributed by atoms with van der Waals surface area (Å²) in [5, 5.41) is 19.0. The first-order chi connectivity index (χ1) is 6.69. The van der Waals surface area contributed by atoms with Crippen molar-refractivity contribution in [1.82, 2.24) is 5.16 Å². The van der Waals surface area contributed by atoms with E-state index in [0.29, 0.717) is 17.2 Å². The summed E-state index contributed by atoms with van der Waals surface area (Å²) in [5.74, 6) is 0.402. The average molecular weight is 197 g/mol. The fourth-order valence-corrected chi connectivity index (χ4v) is 0.903. The lowest BCUT2D eigenvalue weighted by molar-refractivity contribution is 0.213. The molecule has 0 unspecified atom stereocenters. The van der Waals surface area contributed by atoms with E-state index in [4.69, 9.17) is 9.73 Å². The van der Waals surface area contributed by atoms with E-state index in [1.165, 1.54) is 7.11 Å². The maximum Gasteiger partial charge on any atom is 0.190 e. The van der Waals surface area contributed by atoms with Crippen molar-refractivity contribution in [3.8, 4) is 0 Å². The Bertz CT molecular complexity index is 368. The van der Waals surface area contributed by atoms with Gasteiger partial charge in [0.1, 0.15) is 12.8 Å². The van der Waals surface area contributed by atoms with E-state index < -0.39 is 0 Å². The third kappa shape index (κ3) is 2.09. The van der Waals surface area contributed by atoms with Gasteiger partial charge in [-0.25, -0.2) is 0 Å². The number of hydrogen-bond acceptors (Lipinski definition) is 6. The summed E-state index contributed by atoms with van der Waals surface area (Å²) < 4.78 is 4.95. The zero-order valence-corrected chi connectivity index (χ0v) is 8.18. The number of aryl methyl sites for hydroxylation is 1. The van der Waals surface area contributed by atoms with Gasteiger partial charge in [0.05, 0.1) is 5.69 Å². The lowest BCUT2D eigenvalue weighted by atomic mass is 10.2. The van der Waals surface area contributed by atoms with Crippen LogP contribution in [0.1, 0.15) is 18.4 Å². The van der Waals surface area contributed by atoms with Crippen LogP contribution in [0.4, 0.5) is 0 Å². The van der Waals surface area contributed by atoms with Crippen LogP contribution in [0.2, 0.25) is 0 Å². The van der Waals surface area contributed by atoms with Gasteiger partial charge in [0.25, 0.3) is 0 Å². The van der Waals surface area contributed by atoms with Crippen molar-refractivity contribution in [2.24, 2.45) is 10.3 Å². The summed E-state index contributed by atoms with van der Waals surface area (Å²) in [7, 11) is 1.40. The third-order valence-electron chi connectivity index (χ3n) is 1.54. The first-order valence-corrected chi connectivity index (χ1v) is 3.93. The fourth-order valence-electron chi connectivity index (χ4n) is 0.903. The van der Waals surface area contributed by atoms with E-state index in [-0.39, 0.29) is 0 Å². The molecule has 0 saturated carbocycles. The second-order valence-corrected chi connectivity index (χ2v) is 2.64. The Kier molecular flexibility index (Phi) is 3.22. The van der Waals surface area contributed by atoms with Crippen LogP contribution < -0.4 is 0 Å². The number of hydrogen-bond donors (Lipinski definition) is 1. The molecule has 0 saturated heterocycles. The third-order valence-corrected chi connectivity index (χ3v) is 1.54. The van der Waals surface area contributed by atoms with Gasteiger partial charge >= 0.3 is 0 Å². The fraction of sp³-hybridized carbons (Fsp3) is 0.375. The molecule has 1 N–H and O–H groups in total. The molecule has 0 aliphatic rings. The van der Waals surface area contributed by atoms with Gasteiger partial charge in [-0.05, 0) is 13.8 Å². The lowest BCUT2D eigenvalue weighted by Gasteiger charge is -1.97. The maximum atomic E-state index is 8.59. The highest BCUT2D eigenvalue weighted by molar-refractivity contribution is 6.46. The second-order valence-electron chi connectivity index (χ2n) is 2.64. The molecular formula is C8H11N3O3. The predicted octanol–water partition coefficient (Wildman–Crippen LogP) is 1.18. The molecule has 0 atom stereocenters. The first-order valence-electron chi connectivity index (χ1n) is 3.93. The summed E-state index contributed by atoms with van der Waals surface area (Å²) in [4.78, 5) is 4.60. The van der Waals surface area contributed by atoms with E-state index in [0.717, 1.165) is 5.69 Å². The largest absolute Gasteiger partial charge is 0.411 e. The van der Waals surface area contributed by atoms with Crippen molar-refractivity contribution in [2.75, 3.05) is 7.11 Å². The van der Waals surface area contributed by atoms with Gasteiger partial charge in [-0.1, -0.05) is 15.5 Å². The van der Waals surface area contributed by atoms with Crippen molar-refractivity contribution >= 4 is 11.4 Å². The predicted molar refractivity (Wildman–Crippen MR) is 49.7 cm³/mol. The molecule has 0 aliphatic carbocycles. The number of aromatic nitrogens is 1. The number of rotatable bonds is 3. The van der Waals surface area contributed by atoms with Crippen LogP contribution in [-0.4, -0.2) is 28.9 Å². The van der Waals surface area contributed by atoms with E-state index >= 15 is 0 Å². The molecule has 0 aromatic carbocycles. The molecule has 1 heterocycles. The van der Waals surface area contributed by atoms with Gasteiger partial charge in [0.15, 0.2) is 11.5 Å². The van der Waals surface area contributed by atoms with Gasteiger partial charge in [0.2, 0.25) is 0 Å². The molecule has 0 fully saturated rings. The molecule has 14 heavy (non-hydrogen) atoms. The average Bonchev–Trinajstić information content (AvgIpc) is 2.60. The molecule has 1 rings (SSSR count). The van der Waals surface area contributed by atoms with Crippen LogP contribution in [0.3, 0.4) is 0 Å². The molecule has 76 valence electrons. The van der Waals surface area contributed by atoms with Crippen molar-refractivity contribution in [2.45, 2.75) is 13.8 Å². The van der Waals surface area contributed by atoms with Gasteiger partial charge in [0, 0.05) is 6.07 Å². The molecule has 0 amide bonds. The monoisotopic (exact) mass is 197 g/mol. The molecule has 1 aromatic heterocycles. The normalized spacial score (nSPS) is 13.1. The molecule has 0 spiro atoms. The van der Waals surface area contributed by atoms with Crippen LogP contribution in [-0.2, 0) is 4.84 Å². The van der Waals surface area contributed by atoms with E-state index in [9.17, 15) is 0 Å². The summed E-state index contributed by atoms with van der Waals surface area (Å²) in [6.45, 7) is 3.36. The Labute approximate surface area is 80.8 Å². The molecule has 6 heteroatoms. The van der Waals surface area contributed by atoms with Crippen molar-refractivity contribution in [1.29, 1.82) is 0 Å². The Morgan fingerprint density at radius 3 is 2.79 bits per heavy atom. The molecular weight excluding hydrogens is 186 g/mol. The van der Waals surface area contributed by atoms with Crippen molar-refractivity contribution in [3.63, 3.8) is 0 Å². The van der Waals surface area contributed by atoms with Crippen molar-refractivity contribution < 1.29 is 14.6 Å². The number of oxime groups is 2. The molecule has 1 aromatic rings. The van der Waals surface area contributed by atoms with Crippen LogP contribution >= 0.6 is 0 Å². The van der Waals surface area contributed by atoms with Crippen LogP contribution in [0.5, 0.6) is 0 Å². The van der Waals surface area contributed by atoms with E-state index in [1.54, 1.807) is 19.9 Å². The van der Waals surface area contributed by atoms with Crippen molar-refractivity contribution in [3.05, 3.63) is 17.5 Å². The minimum atomic E-state index is 0.294. The number of nitrogens with zero attached hydrogens (tertiary/aromatic N) is 3. The molecule has 0 radical (unpaired) electrons. The highest BCUT2D eigenvalue weighted by Gasteiger charge is 2.14. The van der Waals surface area contributed by atoms with Gasteiger partial charge in [-0.2, -0.15) is 0 Å². The SMILES string of the molecule is CON=C(C(C)=NO)c1cc(C)no1. The Hall–Kier alpha value is -1.85. The summed E-state index contributed by atoms with van der Waals surface area (Å²) in [6, 6.07) is 1.67. The smallest absolute Gasteiger partial charge is 0.190 e. The molecule has 0 bridgehead atoms. The highest BCUT2D eigenvalue weighted by Crippen LogP contribution is 2.06. The first kappa shape index (κ1) is 10.2. The van der Waals surface area contributed by atoms with Crippen LogP contribution in [0, 0.1) is 6.92 Å². The van der Waals surface area contributed by atoms with Gasteiger partial charge in [-0.3, -0.25) is 0 Å². The second kappa shape index (κ2) is 4.40. The topological polar surface area (TPSA) is 80.2 Å². The minimum absolute atomic E-state index is 0.294. The van der Waals surface area contributed by atoms with Gasteiger partial charge < -0.3 is 14.6 Å². The summed E-state index contributed by atoms with van der Waals surface area (Å²) >= 11 is 0. The Morgan fingerprint density at radius 2 is 2.36 bits per heavy atom. The maximum absolute atomic E-state index is 8.59. The molecule has 0 aliphatic heterocycles. The van der Waals surface area contributed by atoms with E-state index in [1.807, 2.05) is 0 Å². The lowest BCUT2D eigenvalue weighted by Crippen LogP contribution is -2.11. The standard InChI is InChI=1S/C8H11N3O3/c1-5-4-7(14-10-5)8(11-13-3)6(2)9-12/h4,12H,1-3H3. The van der Waals surface area contributed by atoms with Crippen LogP contribution in [0.25, 0.3) is 0 Å². The van der Waals surface area contributed by atoms with E-state index in [2.05, 4.69) is 20.3 Å². The summed E-state index contributed by atoms with van der Waals surface area (Å²) in [6.07, 6.45) is 0. The zero-order chi connectivity index (χ0) is 10.6. The zero-order valence-electron chi connectivity index (χ0n) is 8.18. The summed E-state index contributed by atoms with van der Waals surface area (Å²) in [5.41, 5.74) is 1.33. The van der Waals surface area contributed by atoms with Gasteiger partial charge in [-0.15, -0.1) is 0 Å². The highest BCUT2D eigenvalue weighted by atomic mass is 16.6. The Balaban J connectivity index is 3.07. The Morgan fingerprint density at radius 1 is 1.64 bits per heavy atom.